The van der Waals surface area contributed by atoms with Gasteiger partial charge in [0.05, 0.1) is 38.9 Å². The highest BCUT2D eigenvalue weighted by molar-refractivity contribution is 6.40. The van der Waals surface area contributed by atoms with Crippen molar-refractivity contribution in [3.63, 3.8) is 0 Å². The maximum absolute atomic E-state index is 11.5. The fourth-order valence-electron chi connectivity index (χ4n) is 2.09. The van der Waals surface area contributed by atoms with Crippen LogP contribution in [0.25, 0.3) is 0 Å². The van der Waals surface area contributed by atoms with E-state index >= 15 is 0 Å². The number of nitrogens with zero attached hydrogens (tertiary/aromatic N) is 2. The Hall–Kier alpha value is -2.41. The molecule has 170 valence electrons. The number of pyridine rings is 2. The van der Waals surface area contributed by atoms with Crippen molar-refractivity contribution < 1.29 is 29.0 Å². The Labute approximate surface area is 203 Å². The number of terminal acetylenes is 1. The molecule has 0 saturated carbocycles. The molecule has 0 aliphatic heterocycles. The number of hydrogen-bond acceptors (Lipinski definition) is 8. The molecule has 0 saturated heterocycles. The van der Waals surface area contributed by atoms with E-state index in [4.69, 9.17) is 62.3 Å². The van der Waals surface area contributed by atoms with Crippen LogP contribution in [0, 0.1) is 12.3 Å². The Bertz CT molecular complexity index is 1060. The van der Waals surface area contributed by atoms with Crippen molar-refractivity contribution in [3.05, 3.63) is 55.0 Å². The van der Waals surface area contributed by atoms with E-state index in [0.717, 1.165) is 0 Å². The van der Waals surface area contributed by atoms with Crippen LogP contribution in [-0.2, 0) is 9.47 Å². The Morgan fingerprint density at radius 1 is 1.03 bits per heavy atom. The Morgan fingerprint density at radius 2 is 1.50 bits per heavy atom. The number of aldehydes is 1. The molecule has 0 aliphatic rings. The molecule has 0 aliphatic carbocycles. The summed E-state index contributed by atoms with van der Waals surface area (Å²) in [4.78, 5) is 40.9. The van der Waals surface area contributed by atoms with Crippen molar-refractivity contribution in [2.24, 2.45) is 0 Å². The number of aliphatic hydroxyl groups is 1. The number of esters is 2. The highest BCUT2D eigenvalue weighted by Crippen LogP contribution is 2.32. The topological polar surface area (TPSA) is 116 Å². The highest BCUT2D eigenvalue weighted by atomic mass is 35.5. The lowest BCUT2D eigenvalue weighted by atomic mass is 10.1. The summed E-state index contributed by atoms with van der Waals surface area (Å²) in [6.07, 6.45) is 6.61. The summed E-state index contributed by atoms with van der Waals surface area (Å²) in [6.45, 7) is 3.70. The lowest BCUT2D eigenvalue weighted by Gasteiger charge is -2.11. The second kappa shape index (κ2) is 13.2. The molecule has 0 amide bonds. The standard InChI is InChI=1S/C11H9Cl2NO3.C9H7Cl2NO3/c1-3-7(15)8-6(12)5-14-10(9(8)13)11(16)17-4-2;1-2-15-9(14)8-7(11)5(4-13)6(10)3-12-8/h1,5,7,15H,4H2,2H3;3-4H,2H2,1H3. The molecule has 1 unspecified atom stereocenters. The van der Waals surface area contributed by atoms with Crippen LogP contribution in [0.15, 0.2) is 12.4 Å². The smallest absolute Gasteiger partial charge is 0.358 e. The molecular weight excluding hydrogens is 506 g/mol. The van der Waals surface area contributed by atoms with Gasteiger partial charge in [-0.3, -0.25) is 4.79 Å². The Kier molecular flexibility index (Phi) is 11.4. The van der Waals surface area contributed by atoms with Gasteiger partial charge in [-0.25, -0.2) is 19.6 Å². The van der Waals surface area contributed by atoms with Gasteiger partial charge in [0, 0.05) is 18.0 Å². The molecule has 2 aromatic heterocycles. The first-order chi connectivity index (χ1) is 15.1. The van der Waals surface area contributed by atoms with Gasteiger partial charge in [-0.1, -0.05) is 52.3 Å². The van der Waals surface area contributed by atoms with Crippen molar-refractivity contribution in [3.8, 4) is 12.3 Å². The molecule has 1 N–H and O–H groups in total. The monoisotopic (exact) mass is 520 g/mol. The van der Waals surface area contributed by atoms with Gasteiger partial charge in [0.25, 0.3) is 0 Å². The van der Waals surface area contributed by atoms with Crippen LogP contribution in [0.1, 0.15) is 56.8 Å². The number of aromatic nitrogens is 2. The molecule has 8 nitrogen and oxygen atoms in total. The van der Waals surface area contributed by atoms with E-state index in [-0.39, 0.29) is 55.8 Å². The molecule has 0 aromatic carbocycles. The van der Waals surface area contributed by atoms with Crippen molar-refractivity contribution >= 4 is 64.6 Å². The molecule has 1 atom stereocenters. The second-order valence-electron chi connectivity index (χ2n) is 5.49. The first-order valence-electron chi connectivity index (χ1n) is 8.75. The van der Waals surface area contributed by atoms with Gasteiger partial charge < -0.3 is 14.6 Å². The minimum atomic E-state index is -1.30. The largest absolute Gasteiger partial charge is 0.461 e. The third kappa shape index (κ3) is 6.79. The lowest BCUT2D eigenvalue weighted by molar-refractivity contribution is 0.0510. The number of carbonyl (C=O) groups excluding carboxylic acids is 3. The van der Waals surface area contributed by atoms with Gasteiger partial charge in [-0.15, -0.1) is 6.42 Å². The van der Waals surface area contributed by atoms with E-state index in [2.05, 4.69) is 15.9 Å². The minimum absolute atomic E-state index is 0.0383. The summed E-state index contributed by atoms with van der Waals surface area (Å²) in [6, 6.07) is 0. The van der Waals surface area contributed by atoms with Crippen molar-refractivity contribution in [2.45, 2.75) is 20.0 Å². The van der Waals surface area contributed by atoms with Crippen LogP contribution in [0.4, 0.5) is 0 Å². The molecule has 0 spiro atoms. The molecule has 0 bridgehead atoms. The predicted molar refractivity (Wildman–Crippen MR) is 120 cm³/mol. The number of carbonyl (C=O) groups is 3. The molecule has 2 rings (SSSR count). The quantitative estimate of drug-likeness (QED) is 0.333. The molecular formula is C20H16Cl4N2O6. The normalized spacial score (nSPS) is 10.8. The van der Waals surface area contributed by atoms with Gasteiger partial charge >= 0.3 is 11.9 Å². The van der Waals surface area contributed by atoms with Gasteiger partial charge in [0.15, 0.2) is 17.7 Å². The van der Waals surface area contributed by atoms with E-state index in [1.54, 1.807) is 13.8 Å². The number of rotatable bonds is 6. The summed E-state index contributed by atoms with van der Waals surface area (Å²) in [7, 11) is 0. The fourth-order valence-corrected chi connectivity index (χ4v) is 3.22. The first kappa shape index (κ1) is 27.6. The van der Waals surface area contributed by atoms with E-state index in [9.17, 15) is 19.5 Å². The summed E-state index contributed by atoms with van der Waals surface area (Å²) >= 11 is 23.1. The molecule has 0 fully saturated rings. The van der Waals surface area contributed by atoms with Crippen molar-refractivity contribution in [1.82, 2.24) is 9.97 Å². The molecule has 32 heavy (non-hydrogen) atoms. The third-order valence-corrected chi connectivity index (χ3v) is 4.87. The number of aliphatic hydroxyl groups excluding tert-OH is 1. The summed E-state index contributed by atoms with van der Waals surface area (Å²) in [5.41, 5.74) is -0.113. The average molecular weight is 522 g/mol. The van der Waals surface area contributed by atoms with Crippen LogP contribution < -0.4 is 0 Å². The van der Waals surface area contributed by atoms with Crippen molar-refractivity contribution in [1.29, 1.82) is 0 Å². The van der Waals surface area contributed by atoms with Crippen LogP contribution in [0.2, 0.25) is 20.1 Å². The predicted octanol–water partition coefficient (Wildman–Crippen LogP) is 4.61. The molecule has 12 heteroatoms. The molecule has 2 heterocycles. The van der Waals surface area contributed by atoms with E-state index in [1.807, 2.05) is 0 Å². The maximum atomic E-state index is 11.5. The van der Waals surface area contributed by atoms with Gasteiger partial charge in [0.2, 0.25) is 0 Å². The summed E-state index contributed by atoms with van der Waals surface area (Å²) in [5.74, 6) is 0.695. The third-order valence-electron chi connectivity index (χ3n) is 3.50. The number of hydrogen-bond donors (Lipinski definition) is 1. The second-order valence-corrected chi connectivity index (χ2v) is 7.06. The molecule has 2 aromatic rings. The summed E-state index contributed by atoms with van der Waals surface area (Å²) < 4.78 is 9.46. The van der Waals surface area contributed by atoms with E-state index in [1.165, 1.54) is 12.4 Å². The zero-order chi connectivity index (χ0) is 24.4. The average Bonchev–Trinajstić information content (AvgIpc) is 2.74. The van der Waals surface area contributed by atoms with Crippen LogP contribution >= 0.6 is 46.4 Å². The zero-order valence-corrected chi connectivity index (χ0v) is 19.7. The Balaban J connectivity index is 0.000000323. The SMILES string of the molecule is C#CC(O)c1c(Cl)cnc(C(=O)OCC)c1Cl.CCOC(=O)c1ncc(Cl)c(C=O)c1Cl. The van der Waals surface area contributed by atoms with Gasteiger partial charge in [-0.2, -0.15) is 0 Å². The Morgan fingerprint density at radius 3 is 1.94 bits per heavy atom. The number of ether oxygens (including phenoxy) is 2. The van der Waals surface area contributed by atoms with Crippen LogP contribution in [-0.4, -0.2) is 46.5 Å². The van der Waals surface area contributed by atoms with Gasteiger partial charge in [-0.05, 0) is 13.8 Å². The molecule has 0 radical (unpaired) electrons. The number of halogens is 4. The lowest BCUT2D eigenvalue weighted by Crippen LogP contribution is -2.10. The van der Waals surface area contributed by atoms with Crippen LogP contribution in [0.3, 0.4) is 0 Å². The zero-order valence-electron chi connectivity index (χ0n) is 16.7. The van der Waals surface area contributed by atoms with Gasteiger partial charge in [0.1, 0.15) is 6.10 Å². The van der Waals surface area contributed by atoms with Crippen LogP contribution in [0.5, 0.6) is 0 Å². The summed E-state index contributed by atoms with van der Waals surface area (Å²) in [5, 5.41) is 9.55. The fraction of sp³-hybridized carbons (Fsp3) is 0.250. The van der Waals surface area contributed by atoms with E-state index in [0.29, 0.717) is 6.29 Å². The minimum Gasteiger partial charge on any atom is -0.461 e. The van der Waals surface area contributed by atoms with Crippen molar-refractivity contribution in [2.75, 3.05) is 13.2 Å². The van der Waals surface area contributed by atoms with E-state index < -0.39 is 18.0 Å². The maximum Gasteiger partial charge on any atom is 0.358 e. The highest BCUT2D eigenvalue weighted by Gasteiger charge is 2.22. The first-order valence-corrected chi connectivity index (χ1v) is 10.3.